The number of aliphatic carboxylic acids is 2. The number of hydrogen-bond donors (Lipinski definition) is 5. The van der Waals surface area contributed by atoms with Crippen LogP contribution in [0, 0.1) is 11.3 Å². The molecular formula is C33H34F6N4O7. The van der Waals surface area contributed by atoms with Crippen molar-refractivity contribution < 1.29 is 60.5 Å². The van der Waals surface area contributed by atoms with E-state index in [1.54, 1.807) is 11.0 Å². The normalized spacial score (nSPS) is 14.6. The van der Waals surface area contributed by atoms with Gasteiger partial charge in [0.05, 0.1) is 13.0 Å². The number of nitrogens with two attached hydrogens (primary N) is 2. The van der Waals surface area contributed by atoms with Crippen LogP contribution in [0.3, 0.4) is 0 Å². The Balaban J connectivity index is 0.000000521. The van der Waals surface area contributed by atoms with Gasteiger partial charge in [-0.1, -0.05) is 54.6 Å². The molecule has 1 amide bonds. The minimum atomic E-state index is -5.08. The molecule has 0 bridgehead atoms. The average Bonchev–Trinajstić information content (AvgIpc) is 3.56. The number of halogens is 6. The molecule has 1 aliphatic rings. The molecule has 0 saturated carbocycles. The number of hydrogen-bond acceptors (Lipinski definition) is 7. The highest BCUT2D eigenvalue weighted by Gasteiger charge is 2.40. The maximum Gasteiger partial charge on any atom is 0.490 e. The number of likely N-dealkylation sites (tertiary alicyclic amines) is 1. The summed E-state index contributed by atoms with van der Waals surface area (Å²) in [5.74, 6) is -6.55. The molecule has 11 nitrogen and oxygen atoms in total. The molecule has 2 atom stereocenters. The number of benzene rings is 3. The molecule has 1 heterocycles. The number of nitrogens with one attached hydrogen (secondary N) is 1. The van der Waals surface area contributed by atoms with Crippen molar-refractivity contribution in [3.05, 3.63) is 95.1 Å². The molecule has 0 aliphatic carbocycles. The van der Waals surface area contributed by atoms with Crippen molar-refractivity contribution in [1.29, 1.82) is 5.41 Å². The number of nitrogen functional groups attached to an aromatic ring is 1. The molecule has 4 rings (SSSR count). The van der Waals surface area contributed by atoms with Crippen LogP contribution in [0.25, 0.3) is 11.1 Å². The summed E-state index contributed by atoms with van der Waals surface area (Å²) in [4.78, 5) is 46.3. The Hall–Kier alpha value is -5.45. The van der Waals surface area contributed by atoms with Crippen molar-refractivity contribution in [2.24, 2.45) is 17.4 Å². The van der Waals surface area contributed by atoms with E-state index in [0.717, 1.165) is 28.7 Å². The van der Waals surface area contributed by atoms with Crippen LogP contribution in [0.5, 0.6) is 0 Å². The van der Waals surface area contributed by atoms with Gasteiger partial charge in [0.25, 0.3) is 5.91 Å². The molecule has 3 aromatic rings. The number of methoxy groups -OCH3 is 1. The van der Waals surface area contributed by atoms with Crippen molar-refractivity contribution in [2.45, 2.75) is 44.2 Å². The summed E-state index contributed by atoms with van der Waals surface area (Å²) in [7, 11) is 1.37. The highest BCUT2D eigenvalue weighted by molar-refractivity contribution is 5.97. The second-order valence-electron chi connectivity index (χ2n) is 10.7. The summed E-state index contributed by atoms with van der Waals surface area (Å²) in [5, 5.41) is 22.0. The molecule has 0 aromatic heterocycles. The van der Waals surface area contributed by atoms with Crippen LogP contribution >= 0.6 is 0 Å². The summed E-state index contributed by atoms with van der Waals surface area (Å²) in [6.45, 7) is 0.799. The van der Waals surface area contributed by atoms with Gasteiger partial charge in [0.2, 0.25) is 0 Å². The minimum Gasteiger partial charge on any atom is -0.475 e. The molecule has 7 N–H and O–H groups in total. The maximum absolute atomic E-state index is 13.8. The minimum absolute atomic E-state index is 0.0302. The summed E-state index contributed by atoms with van der Waals surface area (Å²) < 4.78 is 68.6. The van der Waals surface area contributed by atoms with Crippen LogP contribution in [-0.2, 0) is 32.1 Å². The van der Waals surface area contributed by atoms with E-state index in [9.17, 15) is 35.9 Å². The summed E-state index contributed by atoms with van der Waals surface area (Å²) in [6, 6.07) is 22.7. The third kappa shape index (κ3) is 11.6. The number of alkyl halides is 6. The fraction of sp³-hybridized carbons (Fsp3) is 0.303. The first-order valence-electron chi connectivity index (χ1n) is 14.6. The molecule has 270 valence electrons. The summed E-state index contributed by atoms with van der Waals surface area (Å²) in [6.07, 6.45) is -8.27. The Morgan fingerprint density at radius 2 is 1.48 bits per heavy atom. The van der Waals surface area contributed by atoms with E-state index in [1.807, 2.05) is 66.7 Å². The molecule has 1 aliphatic heterocycles. The lowest BCUT2D eigenvalue weighted by Crippen LogP contribution is -2.44. The van der Waals surface area contributed by atoms with Crippen LogP contribution in [0.15, 0.2) is 72.8 Å². The number of carbonyl (C=O) groups excluding carboxylic acids is 2. The van der Waals surface area contributed by atoms with Gasteiger partial charge in [0.1, 0.15) is 5.84 Å². The Morgan fingerprint density at radius 1 is 0.900 bits per heavy atom. The van der Waals surface area contributed by atoms with Crippen molar-refractivity contribution in [3.8, 4) is 11.1 Å². The van der Waals surface area contributed by atoms with Crippen molar-refractivity contribution >= 4 is 29.7 Å². The third-order valence-corrected chi connectivity index (χ3v) is 7.37. The van der Waals surface area contributed by atoms with E-state index in [0.29, 0.717) is 30.5 Å². The van der Waals surface area contributed by atoms with Gasteiger partial charge in [-0.05, 0) is 59.7 Å². The van der Waals surface area contributed by atoms with E-state index in [4.69, 9.17) is 41.4 Å². The van der Waals surface area contributed by atoms with E-state index in [1.165, 1.54) is 7.11 Å². The van der Waals surface area contributed by atoms with E-state index >= 15 is 0 Å². The quantitative estimate of drug-likeness (QED) is 0.0924. The van der Waals surface area contributed by atoms with Crippen LogP contribution in [0.1, 0.15) is 39.9 Å². The van der Waals surface area contributed by atoms with Gasteiger partial charge in [-0.2, -0.15) is 26.3 Å². The third-order valence-electron chi connectivity index (χ3n) is 7.37. The van der Waals surface area contributed by atoms with Gasteiger partial charge >= 0.3 is 30.3 Å². The maximum atomic E-state index is 13.8. The van der Waals surface area contributed by atoms with Gasteiger partial charge in [0.15, 0.2) is 0 Å². The fourth-order valence-corrected chi connectivity index (χ4v) is 5.05. The summed E-state index contributed by atoms with van der Waals surface area (Å²) in [5.41, 5.74) is 16.6. The van der Waals surface area contributed by atoms with Gasteiger partial charge < -0.3 is 31.3 Å². The molecule has 3 aromatic carbocycles. The van der Waals surface area contributed by atoms with Crippen LogP contribution in [-0.4, -0.2) is 76.8 Å². The first-order valence-corrected chi connectivity index (χ1v) is 14.6. The first kappa shape index (κ1) is 40.7. The summed E-state index contributed by atoms with van der Waals surface area (Å²) >= 11 is 0. The number of ether oxygens (including phenoxy) is 1. The van der Waals surface area contributed by atoms with Crippen molar-refractivity contribution in [1.82, 2.24) is 4.90 Å². The highest BCUT2D eigenvalue weighted by atomic mass is 19.4. The number of carbonyl (C=O) groups is 4. The van der Waals surface area contributed by atoms with Crippen LogP contribution in [0.4, 0.5) is 26.3 Å². The van der Waals surface area contributed by atoms with Gasteiger partial charge in [0, 0.05) is 30.3 Å². The Bertz CT molecular complexity index is 1640. The zero-order valence-electron chi connectivity index (χ0n) is 26.4. The number of carboxylic acid groups (broad SMARTS) is 2. The van der Waals surface area contributed by atoms with E-state index in [-0.39, 0.29) is 30.3 Å². The standard InChI is InChI=1S/C29H32N4O3.2C2HF3O2/c1-36-29(35)25(16-19-7-5-10-22(15-19)27(31)32)26-11-6-14-33(26)28(34)24-13-12-21(17-23(24)18-30)20-8-3-2-4-9-20;2*3-2(4,5)1(6)7/h2-5,7-10,12-13,15,17,25-26H,6,11,14,16,18,30H2,1H3,(H3,31,32);2*(H,6,7). The molecule has 1 fully saturated rings. The topological polar surface area (TPSA) is 197 Å². The Morgan fingerprint density at radius 3 is 1.98 bits per heavy atom. The first-order chi connectivity index (χ1) is 23.3. The van der Waals surface area contributed by atoms with Gasteiger partial charge in [-0.25, -0.2) is 9.59 Å². The lowest BCUT2D eigenvalue weighted by atomic mass is 9.89. The smallest absolute Gasteiger partial charge is 0.475 e. The lowest BCUT2D eigenvalue weighted by molar-refractivity contribution is -0.193. The SMILES string of the molecule is COC(=O)C(Cc1cccc(C(=N)N)c1)C1CCCN1C(=O)c1ccc(-c2ccccc2)cc1CN.O=C(O)C(F)(F)F.O=C(O)C(F)(F)F. The zero-order valence-corrected chi connectivity index (χ0v) is 26.4. The average molecular weight is 713 g/mol. The number of esters is 1. The fourth-order valence-electron chi connectivity index (χ4n) is 5.05. The molecule has 50 heavy (non-hydrogen) atoms. The number of rotatable bonds is 8. The van der Waals surface area contributed by atoms with Crippen LogP contribution < -0.4 is 11.5 Å². The highest BCUT2D eigenvalue weighted by Crippen LogP contribution is 2.31. The Labute approximate surface area is 281 Å². The van der Waals surface area contributed by atoms with Crippen molar-refractivity contribution in [3.63, 3.8) is 0 Å². The molecule has 2 unspecified atom stereocenters. The van der Waals surface area contributed by atoms with Crippen molar-refractivity contribution in [2.75, 3.05) is 13.7 Å². The van der Waals surface area contributed by atoms with Gasteiger partial charge in [-0.3, -0.25) is 15.0 Å². The molecule has 0 spiro atoms. The monoisotopic (exact) mass is 712 g/mol. The van der Waals surface area contributed by atoms with E-state index < -0.39 is 30.2 Å². The lowest BCUT2D eigenvalue weighted by Gasteiger charge is -2.31. The number of carboxylic acids is 2. The van der Waals surface area contributed by atoms with E-state index in [2.05, 4.69) is 0 Å². The largest absolute Gasteiger partial charge is 0.490 e. The molecule has 1 saturated heterocycles. The predicted octanol–water partition coefficient (Wildman–Crippen LogP) is 5.00. The molecule has 0 radical (unpaired) electrons. The second kappa shape index (κ2) is 17.8. The molecule has 17 heteroatoms. The van der Waals surface area contributed by atoms with Crippen LogP contribution in [0.2, 0.25) is 0 Å². The predicted molar refractivity (Wildman–Crippen MR) is 168 cm³/mol. The Kier molecular flexibility index (Phi) is 14.5. The number of amidine groups is 1. The number of amides is 1. The van der Waals surface area contributed by atoms with Gasteiger partial charge in [-0.15, -0.1) is 0 Å². The zero-order chi connectivity index (χ0) is 37.8. The number of nitrogens with zero attached hydrogens (tertiary/aromatic N) is 1. The molecular weight excluding hydrogens is 678 g/mol. The second-order valence-corrected chi connectivity index (χ2v) is 10.7.